The van der Waals surface area contributed by atoms with Crippen LogP contribution in [-0.4, -0.2) is 35.4 Å². The molecule has 1 atom stereocenters. The minimum Gasteiger partial charge on any atom is -0.507 e. The zero-order valence-corrected chi connectivity index (χ0v) is 14.0. The summed E-state index contributed by atoms with van der Waals surface area (Å²) in [7, 11) is 0. The van der Waals surface area contributed by atoms with E-state index in [4.69, 9.17) is 16.3 Å². The summed E-state index contributed by atoms with van der Waals surface area (Å²) in [5.74, 6) is -0.753. The number of aliphatic hydroxyl groups is 1. The van der Waals surface area contributed by atoms with Crippen LogP contribution in [0.4, 0.5) is 13.2 Å². The van der Waals surface area contributed by atoms with Gasteiger partial charge in [0.25, 0.3) is 5.91 Å². The van der Waals surface area contributed by atoms with Crippen LogP contribution in [0.3, 0.4) is 0 Å². The third kappa shape index (κ3) is 5.53. The van der Waals surface area contributed by atoms with E-state index in [1.165, 1.54) is 18.2 Å². The summed E-state index contributed by atoms with van der Waals surface area (Å²) in [5.41, 5.74) is -0.854. The van der Waals surface area contributed by atoms with Crippen molar-refractivity contribution in [3.63, 3.8) is 0 Å². The predicted octanol–water partition coefficient (Wildman–Crippen LogP) is 3.23. The third-order valence-corrected chi connectivity index (χ3v) is 3.56. The lowest BCUT2D eigenvalue weighted by Gasteiger charge is -2.14. The van der Waals surface area contributed by atoms with E-state index < -0.39 is 23.8 Å². The van der Waals surface area contributed by atoms with E-state index in [1.807, 2.05) is 0 Å². The lowest BCUT2D eigenvalue weighted by atomic mass is 10.2. The monoisotopic (exact) mass is 389 g/mol. The molecule has 0 aliphatic carbocycles. The minimum absolute atomic E-state index is 0.0478. The highest BCUT2D eigenvalue weighted by Crippen LogP contribution is 2.30. The van der Waals surface area contributed by atoms with E-state index in [0.717, 1.165) is 24.3 Å². The molecule has 0 aromatic heterocycles. The maximum atomic E-state index is 12.5. The Balaban J connectivity index is 1.82. The third-order valence-electron chi connectivity index (χ3n) is 3.33. The molecule has 0 saturated heterocycles. The molecule has 2 rings (SSSR count). The SMILES string of the molecule is O=C(NCC(O)COc1ccc(C(F)(F)F)cc1)c1cc(Cl)ccc1O. The van der Waals surface area contributed by atoms with Crippen LogP contribution in [0.1, 0.15) is 15.9 Å². The number of alkyl halides is 3. The van der Waals surface area contributed by atoms with Gasteiger partial charge in [-0.3, -0.25) is 4.79 Å². The fourth-order valence-electron chi connectivity index (χ4n) is 1.99. The number of carbonyl (C=O) groups excluding carboxylic acids is 1. The van der Waals surface area contributed by atoms with Crippen molar-refractivity contribution in [3.8, 4) is 11.5 Å². The van der Waals surface area contributed by atoms with Gasteiger partial charge in [0.05, 0.1) is 11.1 Å². The van der Waals surface area contributed by atoms with Crippen molar-refractivity contribution in [2.24, 2.45) is 0 Å². The zero-order valence-electron chi connectivity index (χ0n) is 13.3. The van der Waals surface area contributed by atoms with Crippen LogP contribution < -0.4 is 10.1 Å². The van der Waals surface area contributed by atoms with Crippen molar-refractivity contribution in [2.75, 3.05) is 13.2 Å². The molecule has 0 aliphatic rings. The van der Waals surface area contributed by atoms with Gasteiger partial charge in [0.2, 0.25) is 0 Å². The van der Waals surface area contributed by atoms with Crippen molar-refractivity contribution >= 4 is 17.5 Å². The number of aromatic hydroxyl groups is 1. The largest absolute Gasteiger partial charge is 0.507 e. The highest BCUT2D eigenvalue weighted by Gasteiger charge is 2.30. The van der Waals surface area contributed by atoms with Crippen LogP contribution in [0, 0.1) is 0 Å². The second kappa shape index (κ2) is 8.29. The number of carbonyl (C=O) groups is 1. The Labute approximate surface area is 152 Å². The Morgan fingerprint density at radius 1 is 1.19 bits per heavy atom. The van der Waals surface area contributed by atoms with Crippen LogP contribution in [0.25, 0.3) is 0 Å². The van der Waals surface area contributed by atoms with Gasteiger partial charge in [-0.05, 0) is 42.5 Å². The number of aliphatic hydroxyl groups excluding tert-OH is 1. The summed E-state index contributed by atoms with van der Waals surface area (Å²) in [4.78, 5) is 11.9. The normalized spacial score (nSPS) is 12.5. The van der Waals surface area contributed by atoms with E-state index in [1.54, 1.807) is 0 Å². The summed E-state index contributed by atoms with van der Waals surface area (Å²) in [6, 6.07) is 7.96. The average molecular weight is 390 g/mol. The topological polar surface area (TPSA) is 78.8 Å². The molecule has 9 heteroatoms. The number of halogens is 4. The van der Waals surface area contributed by atoms with Crippen molar-refractivity contribution in [3.05, 3.63) is 58.6 Å². The lowest BCUT2D eigenvalue weighted by Crippen LogP contribution is -2.35. The molecule has 0 spiro atoms. The molecule has 0 saturated carbocycles. The van der Waals surface area contributed by atoms with E-state index in [0.29, 0.717) is 0 Å². The molecule has 0 fully saturated rings. The van der Waals surface area contributed by atoms with Gasteiger partial charge in [0.15, 0.2) is 0 Å². The Kier molecular flexibility index (Phi) is 6.33. The van der Waals surface area contributed by atoms with Crippen LogP contribution in [0.15, 0.2) is 42.5 Å². The molecule has 1 unspecified atom stereocenters. The maximum absolute atomic E-state index is 12.5. The summed E-state index contributed by atoms with van der Waals surface area (Å²) < 4.78 is 42.5. The van der Waals surface area contributed by atoms with Crippen LogP contribution in [-0.2, 0) is 6.18 Å². The summed E-state index contributed by atoms with van der Waals surface area (Å²) in [6.07, 6.45) is -5.55. The number of hydrogen-bond acceptors (Lipinski definition) is 4. The highest BCUT2D eigenvalue weighted by molar-refractivity contribution is 6.31. The molecule has 0 heterocycles. The Morgan fingerprint density at radius 2 is 1.85 bits per heavy atom. The van der Waals surface area contributed by atoms with Crippen LogP contribution in [0.2, 0.25) is 5.02 Å². The standard InChI is InChI=1S/C17H15ClF3NO4/c18-11-3-6-15(24)14(7-11)16(25)22-8-12(23)9-26-13-4-1-10(2-5-13)17(19,20)21/h1-7,12,23-24H,8-9H2,(H,22,25). The van der Waals surface area contributed by atoms with Gasteiger partial charge in [0.1, 0.15) is 24.2 Å². The minimum atomic E-state index is -4.44. The van der Waals surface area contributed by atoms with Crippen molar-refractivity contribution in [1.29, 1.82) is 0 Å². The number of hydrogen-bond donors (Lipinski definition) is 3. The first kappa shape index (κ1) is 19.9. The van der Waals surface area contributed by atoms with E-state index in [9.17, 15) is 28.2 Å². The van der Waals surface area contributed by atoms with Gasteiger partial charge in [0, 0.05) is 11.6 Å². The molecule has 140 valence electrons. The van der Waals surface area contributed by atoms with Gasteiger partial charge in [-0.25, -0.2) is 0 Å². The molecule has 26 heavy (non-hydrogen) atoms. The first-order valence-corrected chi connectivity index (χ1v) is 7.79. The lowest BCUT2D eigenvalue weighted by molar-refractivity contribution is -0.137. The average Bonchev–Trinajstić information content (AvgIpc) is 2.59. The van der Waals surface area contributed by atoms with E-state index >= 15 is 0 Å². The van der Waals surface area contributed by atoms with Gasteiger partial charge in [-0.1, -0.05) is 11.6 Å². The first-order chi connectivity index (χ1) is 12.2. The fourth-order valence-corrected chi connectivity index (χ4v) is 2.16. The van der Waals surface area contributed by atoms with E-state index in [2.05, 4.69) is 5.32 Å². The second-order valence-electron chi connectivity index (χ2n) is 5.36. The number of rotatable bonds is 6. The van der Waals surface area contributed by atoms with Gasteiger partial charge < -0.3 is 20.3 Å². The van der Waals surface area contributed by atoms with Crippen LogP contribution >= 0.6 is 11.6 Å². The number of benzene rings is 2. The zero-order chi connectivity index (χ0) is 19.3. The van der Waals surface area contributed by atoms with Crippen molar-refractivity contribution < 1.29 is 32.9 Å². The molecule has 0 aliphatic heterocycles. The highest BCUT2D eigenvalue weighted by atomic mass is 35.5. The molecule has 5 nitrogen and oxygen atoms in total. The van der Waals surface area contributed by atoms with E-state index in [-0.39, 0.29) is 35.2 Å². The summed E-state index contributed by atoms with van der Waals surface area (Å²) in [5, 5.41) is 22.1. The molecule has 0 bridgehead atoms. The number of phenols is 1. The Hall–Kier alpha value is -2.45. The number of phenolic OH excluding ortho intramolecular Hbond substituents is 1. The molecule has 0 radical (unpaired) electrons. The molecule has 2 aromatic rings. The van der Waals surface area contributed by atoms with Crippen molar-refractivity contribution in [2.45, 2.75) is 12.3 Å². The molecule has 3 N–H and O–H groups in total. The van der Waals surface area contributed by atoms with Gasteiger partial charge in [-0.15, -0.1) is 0 Å². The summed E-state index contributed by atoms with van der Waals surface area (Å²) >= 11 is 5.75. The molecular formula is C17H15ClF3NO4. The van der Waals surface area contributed by atoms with Gasteiger partial charge in [-0.2, -0.15) is 13.2 Å². The van der Waals surface area contributed by atoms with Gasteiger partial charge >= 0.3 is 6.18 Å². The molecule has 2 aromatic carbocycles. The first-order valence-electron chi connectivity index (χ1n) is 7.41. The fraction of sp³-hybridized carbons (Fsp3) is 0.235. The molecular weight excluding hydrogens is 375 g/mol. The number of nitrogens with one attached hydrogen (secondary N) is 1. The predicted molar refractivity (Wildman–Crippen MR) is 88.4 cm³/mol. The number of amides is 1. The van der Waals surface area contributed by atoms with Crippen molar-refractivity contribution in [1.82, 2.24) is 5.32 Å². The quantitative estimate of drug-likeness (QED) is 0.708. The maximum Gasteiger partial charge on any atom is 0.416 e. The Morgan fingerprint density at radius 3 is 2.46 bits per heavy atom. The summed E-state index contributed by atoms with van der Waals surface area (Å²) in [6.45, 7) is -0.432. The molecule has 1 amide bonds. The second-order valence-corrected chi connectivity index (χ2v) is 5.79. The van der Waals surface area contributed by atoms with Crippen LogP contribution in [0.5, 0.6) is 11.5 Å². The Bertz CT molecular complexity index is 766. The smallest absolute Gasteiger partial charge is 0.416 e. The number of ether oxygens (including phenoxy) is 1.